The Labute approximate surface area is 147 Å². The van der Waals surface area contributed by atoms with Crippen molar-refractivity contribution in [2.45, 2.75) is 46.2 Å². The van der Waals surface area contributed by atoms with Crippen LogP contribution in [-0.2, 0) is 0 Å². The average molecular weight is 329 g/mol. The van der Waals surface area contributed by atoms with Crippen LogP contribution in [0.15, 0.2) is 24.3 Å². The number of likely N-dealkylation sites (N-methyl/N-ethyl adjacent to an activating group) is 1. The topological polar surface area (TPSA) is 33.5 Å². The number of anilines is 1. The van der Waals surface area contributed by atoms with Gasteiger partial charge >= 0.3 is 0 Å². The SMILES string of the molecule is CCC1CN(CC)CCN1C(C#N)c1ccc(N(CC)CC)cc1. The monoisotopic (exact) mass is 328 g/mol. The lowest BCUT2D eigenvalue weighted by atomic mass is 10.0. The zero-order valence-electron chi connectivity index (χ0n) is 15.7. The van der Waals surface area contributed by atoms with Crippen molar-refractivity contribution >= 4 is 5.69 Å². The Bertz CT molecular complexity index is 530. The summed E-state index contributed by atoms with van der Waals surface area (Å²) < 4.78 is 0. The smallest absolute Gasteiger partial charge is 0.124 e. The summed E-state index contributed by atoms with van der Waals surface area (Å²) >= 11 is 0. The molecule has 4 heteroatoms. The van der Waals surface area contributed by atoms with Crippen LogP contribution in [0.3, 0.4) is 0 Å². The maximum atomic E-state index is 9.82. The summed E-state index contributed by atoms with van der Waals surface area (Å²) in [4.78, 5) is 7.22. The van der Waals surface area contributed by atoms with Crippen LogP contribution in [0.1, 0.15) is 45.7 Å². The number of benzene rings is 1. The Balaban J connectivity index is 2.17. The Morgan fingerprint density at radius 3 is 2.29 bits per heavy atom. The first kappa shape index (κ1) is 18.8. The van der Waals surface area contributed by atoms with Crippen molar-refractivity contribution in [3.8, 4) is 6.07 Å². The summed E-state index contributed by atoms with van der Waals surface area (Å²) in [5.41, 5.74) is 2.36. The Morgan fingerprint density at radius 1 is 1.12 bits per heavy atom. The minimum Gasteiger partial charge on any atom is -0.372 e. The van der Waals surface area contributed by atoms with Gasteiger partial charge in [0.05, 0.1) is 6.07 Å². The minimum atomic E-state index is -0.139. The fourth-order valence-corrected chi connectivity index (χ4v) is 3.72. The van der Waals surface area contributed by atoms with Crippen LogP contribution in [0.25, 0.3) is 0 Å². The number of nitrogens with zero attached hydrogens (tertiary/aromatic N) is 4. The summed E-state index contributed by atoms with van der Waals surface area (Å²) in [5, 5.41) is 9.82. The molecule has 0 radical (unpaired) electrons. The van der Waals surface area contributed by atoms with Gasteiger partial charge in [0, 0.05) is 44.5 Å². The van der Waals surface area contributed by atoms with E-state index in [4.69, 9.17) is 0 Å². The second kappa shape index (κ2) is 9.05. The highest BCUT2D eigenvalue weighted by Crippen LogP contribution is 2.28. The number of hydrogen-bond acceptors (Lipinski definition) is 4. The van der Waals surface area contributed by atoms with Crippen LogP contribution in [-0.4, -0.2) is 55.1 Å². The van der Waals surface area contributed by atoms with Crippen molar-refractivity contribution in [1.82, 2.24) is 9.80 Å². The van der Waals surface area contributed by atoms with Gasteiger partial charge in [0.2, 0.25) is 0 Å². The molecule has 2 atom stereocenters. The Hall–Kier alpha value is -1.57. The maximum Gasteiger partial charge on any atom is 0.124 e. The molecule has 1 aliphatic heterocycles. The molecule has 132 valence electrons. The molecule has 1 saturated heterocycles. The molecule has 0 bridgehead atoms. The molecule has 1 fully saturated rings. The second-order valence-corrected chi connectivity index (χ2v) is 6.49. The molecule has 1 aliphatic rings. The Morgan fingerprint density at radius 2 is 1.79 bits per heavy atom. The van der Waals surface area contributed by atoms with Gasteiger partial charge in [0.15, 0.2) is 0 Å². The quantitative estimate of drug-likeness (QED) is 0.767. The maximum absolute atomic E-state index is 9.82. The van der Waals surface area contributed by atoms with E-state index in [0.717, 1.165) is 51.3 Å². The predicted octanol–water partition coefficient (Wildman–Crippen LogP) is 3.51. The first-order chi connectivity index (χ1) is 11.7. The third-order valence-electron chi connectivity index (χ3n) is 5.32. The third kappa shape index (κ3) is 4.09. The molecular formula is C20H32N4. The first-order valence-electron chi connectivity index (χ1n) is 9.40. The van der Waals surface area contributed by atoms with Crippen molar-refractivity contribution in [2.24, 2.45) is 0 Å². The molecule has 0 saturated carbocycles. The molecule has 0 N–H and O–H groups in total. The number of rotatable bonds is 7. The van der Waals surface area contributed by atoms with Gasteiger partial charge in [-0.25, -0.2) is 0 Å². The lowest BCUT2D eigenvalue weighted by molar-refractivity contribution is 0.0569. The van der Waals surface area contributed by atoms with Crippen LogP contribution in [0.5, 0.6) is 0 Å². The van der Waals surface area contributed by atoms with E-state index in [1.807, 2.05) is 0 Å². The molecule has 2 rings (SSSR count). The molecule has 0 aromatic heterocycles. The highest BCUT2D eigenvalue weighted by molar-refractivity contribution is 5.48. The van der Waals surface area contributed by atoms with Crippen molar-refractivity contribution in [3.63, 3.8) is 0 Å². The standard InChI is InChI=1S/C20H32N4/c1-5-18-16-22(6-2)13-14-24(18)20(15-21)17-9-11-19(12-10-17)23(7-3)8-4/h9-12,18,20H,5-8,13-14,16H2,1-4H3. The van der Waals surface area contributed by atoms with Gasteiger partial charge in [0.1, 0.15) is 6.04 Å². The van der Waals surface area contributed by atoms with E-state index in [9.17, 15) is 5.26 Å². The molecule has 0 amide bonds. The number of hydrogen-bond donors (Lipinski definition) is 0. The molecule has 4 nitrogen and oxygen atoms in total. The molecule has 0 spiro atoms. The van der Waals surface area contributed by atoms with Crippen LogP contribution in [0, 0.1) is 11.3 Å². The van der Waals surface area contributed by atoms with Crippen LogP contribution in [0.4, 0.5) is 5.69 Å². The lowest BCUT2D eigenvalue weighted by Crippen LogP contribution is -2.53. The highest BCUT2D eigenvalue weighted by atomic mass is 15.3. The van der Waals surface area contributed by atoms with Crippen molar-refractivity contribution in [1.29, 1.82) is 5.26 Å². The lowest BCUT2D eigenvalue weighted by Gasteiger charge is -2.43. The molecule has 24 heavy (non-hydrogen) atoms. The van der Waals surface area contributed by atoms with Gasteiger partial charge in [-0.3, -0.25) is 4.90 Å². The van der Waals surface area contributed by atoms with Crippen molar-refractivity contribution < 1.29 is 0 Å². The summed E-state index contributed by atoms with van der Waals surface area (Å²) in [5.74, 6) is 0. The van der Waals surface area contributed by atoms with Crippen molar-refractivity contribution in [3.05, 3.63) is 29.8 Å². The second-order valence-electron chi connectivity index (χ2n) is 6.49. The van der Waals surface area contributed by atoms with Gasteiger partial charge in [-0.15, -0.1) is 0 Å². The van der Waals surface area contributed by atoms with Gasteiger partial charge in [-0.2, -0.15) is 5.26 Å². The van der Waals surface area contributed by atoms with E-state index in [1.165, 1.54) is 5.69 Å². The Kier molecular flexibility index (Phi) is 7.08. The molecular weight excluding hydrogens is 296 g/mol. The number of nitriles is 1. The number of piperazine rings is 1. The molecule has 1 heterocycles. The predicted molar refractivity (Wildman–Crippen MR) is 101 cm³/mol. The zero-order valence-corrected chi connectivity index (χ0v) is 15.7. The fourth-order valence-electron chi connectivity index (χ4n) is 3.72. The normalized spacial score (nSPS) is 20.5. The summed E-state index contributed by atoms with van der Waals surface area (Å²) in [7, 11) is 0. The van der Waals surface area contributed by atoms with E-state index >= 15 is 0 Å². The summed E-state index contributed by atoms with van der Waals surface area (Å²) in [6.07, 6.45) is 1.09. The molecule has 1 aromatic rings. The van der Waals surface area contributed by atoms with E-state index in [0.29, 0.717) is 6.04 Å². The van der Waals surface area contributed by atoms with Crippen LogP contribution in [0.2, 0.25) is 0 Å². The zero-order chi connectivity index (χ0) is 17.5. The van der Waals surface area contributed by atoms with Gasteiger partial charge in [0.25, 0.3) is 0 Å². The van der Waals surface area contributed by atoms with Gasteiger partial charge in [-0.1, -0.05) is 26.0 Å². The van der Waals surface area contributed by atoms with Gasteiger partial charge < -0.3 is 9.80 Å². The highest BCUT2D eigenvalue weighted by Gasteiger charge is 2.31. The first-order valence-corrected chi connectivity index (χ1v) is 9.40. The minimum absolute atomic E-state index is 0.139. The van der Waals surface area contributed by atoms with E-state index in [1.54, 1.807) is 0 Å². The third-order valence-corrected chi connectivity index (χ3v) is 5.32. The van der Waals surface area contributed by atoms with E-state index in [2.05, 4.69) is 72.7 Å². The molecule has 2 unspecified atom stereocenters. The van der Waals surface area contributed by atoms with E-state index in [-0.39, 0.29) is 6.04 Å². The van der Waals surface area contributed by atoms with E-state index < -0.39 is 0 Å². The van der Waals surface area contributed by atoms with Crippen LogP contribution >= 0.6 is 0 Å². The largest absolute Gasteiger partial charge is 0.372 e. The van der Waals surface area contributed by atoms with Crippen molar-refractivity contribution in [2.75, 3.05) is 44.2 Å². The summed E-state index contributed by atoms with van der Waals surface area (Å²) in [6, 6.07) is 11.5. The molecule has 1 aromatic carbocycles. The van der Waals surface area contributed by atoms with Gasteiger partial charge in [-0.05, 0) is 44.5 Å². The average Bonchev–Trinajstić information content (AvgIpc) is 2.64. The van der Waals surface area contributed by atoms with Crippen LogP contribution < -0.4 is 4.90 Å². The molecule has 0 aliphatic carbocycles. The fraction of sp³-hybridized carbons (Fsp3) is 0.650. The summed E-state index contributed by atoms with van der Waals surface area (Å²) in [6.45, 7) is 15.0.